The van der Waals surface area contributed by atoms with Crippen LogP contribution in [0, 0.1) is 11.3 Å². The van der Waals surface area contributed by atoms with Gasteiger partial charge in [0.2, 0.25) is 0 Å². The van der Waals surface area contributed by atoms with Gasteiger partial charge in [-0.05, 0) is 19.3 Å². The van der Waals surface area contributed by atoms with E-state index in [4.69, 9.17) is 19.5 Å². The zero-order chi connectivity index (χ0) is 15.1. The van der Waals surface area contributed by atoms with E-state index in [-0.39, 0.29) is 0 Å². The lowest BCUT2D eigenvalue weighted by Gasteiger charge is -2.33. The predicted molar refractivity (Wildman–Crippen MR) is 80.2 cm³/mol. The molecule has 0 aliphatic heterocycles. The zero-order valence-corrected chi connectivity index (χ0v) is 13.5. The molecular weight excluding hydrogens is 254 g/mol. The molecular formula is C16H31NO3. The molecule has 4 heteroatoms. The second-order valence-corrected chi connectivity index (χ2v) is 4.95. The Kier molecular flexibility index (Phi) is 12.9. The molecule has 0 rings (SSSR count). The molecule has 118 valence electrons. The first kappa shape index (κ1) is 19.4. The summed E-state index contributed by atoms with van der Waals surface area (Å²) in [4.78, 5) is 0. The number of nitriles is 1. The molecule has 0 aliphatic rings. The lowest BCUT2D eigenvalue weighted by Crippen LogP contribution is -2.40. The van der Waals surface area contributed by atoms with Crippen LogP contribution in [-0.4, -0.2) is 25.8 Å². The van der Waals surface area contributed by atoms with Crippen LogP contribution in [0.1, 0.15) is 72.1 Å². The predicted octanol–water partition coefficient (Wildman–Crippen LogP) is 4.39. The number of ether oxygens (including phenoxy) is 3. The normalized spacial score (nSPS) is 11.5. The number of rotatable bonds is 14. The third-order valence-electron chi connectivity index (χ3n) is 3.00. The lowest BCUT2D eigenvalue weighted by molar-refractivity contribution is -0.383. The van der Waals surface area contributed by atoms with Crippen molar-refractivity contribution < 1.29 is 14.2 Å². The van der Waals surface area contributed by atoms with Crippen molar-refractivity contribution in [2.45, 2.75) is 78.1 Å². The van der Waals surface area contributed by atoms with E-state index in [1.54, 1.807) is 0 Å². The molecule has 0 aromatic carbocycles. The van der Waals surface area contributed by atoms with E-state index in [0.717, 1.165) is 38.5 Å². The van der Waals surface area contributed by atoms with Gasteiger partial charge >= 0.3 is 0 Å². The minimum absolute atomic E-state index is 0.379. The molecule has 0 N–H and O–H groups in total. The molecule has 20 heavy (non-hydrogen) atoms. The van der Waals surface area contributed by atoms with Gasteiger partial charge in [-0.1, -0.05) is 40.0 Å². The maximum atomic E-state index is 8.83. The Morgan fingerprint density at radius 2 is 1.20 bits per heavy atom. The Morgan fingerprint density at radius 3 is 1.50 bits per heavy atom. The van der Waals surface area contributed by atoms with Crippen molar-refractivity contribution in [2.75, 3.05) is 19.8 Å². The van der Waals surface area contributed by atoms with Crippen LogP contribution in [0.3, 0.4) is 0 Å². The fourth-order valence-corrected chi connectivity index (χ4v) is 1.67. The van der Waals surface area contributed by atoms with Crippen LogP contribution in [-0.2, 0) is 14.2 Å². The summed E-state index contributed by atoms with van der Waals surface area (Å²) in [6, 6.07) is 2.15. The first-order valence-electron chi connectivity index (χ1n) is 8.03. The molecule has 0 amide bonds. The van der Waals surface area contributed by atoms with E-state index >= 15 is 0 Å². The highest BCUT2D eigenvalue weighted by Crippen LogP contribution is 2.24. The van der Waals surface area contributed by atoms with Gasteiger partial charge in [0.05, 0.1) is 25.9 Å². The summed E-state index contributed by atoms with van der Waals surface area (Å²) in [6.07, 6.45) is 6.98. The van der Waals surface area contributed by atoms with Gasteiger partial charge in [0, 0.05) is 12.8 Å². The smallest absolute Gasteiger partial charge is 0.283 e. The molecule has 0 atom stereocenters. The van der Waals surface area contributed by atoms with Crippen molar-refractivity contribution in [2.24, 2.45) is 0 Å². The molecule has 0 heterocycles. The largest absolute Gasteiger partial charge is 0.327 e. The average Bonchev–Trinajstić information content (AvgIpc) is 2.46. The molecule has 4 nitrogen and oxygen atoms in total. The second-order valence-electron chi connectivity index (χ2n) is 4.95. The molecule has 0 aromatic heterocycles. The maximum absolute atomic E-state index is 8.83. The summed E-state index contributed by atoms with van der Waals surface area (Å²) in [5, 5.41) is 8.83. The summed E-state index contributed by atoms with van der Waals surface area (Å²) in [7, 11) is 0. The first-order valence-corrected chi connectivity index (χ1v) is 8.03. The third-order valence-corrected chi connectivity index (χ3v) is 3.00. The fourth-order valence-electron chi connectivity index (χ4n) is 1.67. The van der Waals surface area contributed by atoms with Gasteiger partial charge in [-0.25, -0.2) is 0 Å². The summed E-state index contributed by atoms with van der Waals surface area (Å²) >= 11 is 0. The Labute approximate surface area is 124 Å². The minimum Gasteiger partial charge on any atom is -0.327 e. The maximum Gasteiger partial charge on any atom is 0.283 e. The lowest BCUT2D eigenvalue weighted by atomic mass is 10.2. The van der Waals surface area contributed by atoms with Crippen LogP contribution in [0.15, 0.2) is 0 Å². The minimum atomic E-state index is -1.02. The van der Waals surface area contributed by atoms with Crippen LogP contribution >= 0.6 is 0 Å². The van der Waals surface area contributed by atoms with Crippen molar-refractivity contribution in [3.05, 3.63) is 0 Å². The van der Waals surface area contributed by atoms with Gasteiger partial charge in [0.15, 0.2) is 0 Å². The van der Waals surface area contributed by atoms with E-state index in [2.05, 4.69) is 26.8 Å². The van der Waals surface area contributed by atoms with Gasteiger partial charge in [0.25, 0.3) is 5.97 Å². The van der Waals surface area contributed by atoms with Gasteiger partial charge in [-0.3, -0.25) is 0 Å². The summed E-state index contributed by atoms with van der Waals surface area (Å²) in [5.74, 6) is -1.02. The summed E-state index contributed by atoms with van der Waals surface area (Å²) in [5.41, 5.74) is 0. The topological polar surface area (TPSA) is 51.5 Å². The third kappa shape index (κ3) is 9.30. The Bertz CT molecular complexity index is 224. The fraction of sp³-hybridized carbons (Fsp3) is 0.938. The highest BCUT2D eigenvalue weighted by Gasteiger charge is 2.33. The second kappa shape index (κ2) is 13.4. The molecule has 0 aliphatic carbocycles. The van der Waals surface area contributed by atoms with Crippen molar-refractivity contribution in [3.63, 3.8) is 0 Å². The SMILES string of the molecule is CCCCOC(CCC#N)(OCCCC)OCCCC. The average molecular weight is 285 g/mol. The molecule has 0 unspecified atom stereocenters. The highest BCUT2D eigenvalue weighted by atomic mass is 16.9. The Morgan fingerprint density at radius 1 is 0.800 bits per heavy atom. The summed E-state index contributed by atoms with van der Waals surface area (Å²) < 4.78 is 17.6. The van der Waals surface area contributed by atoms with Crippen LogP contribution in [0.2, 0.25) is 0 Å². The van der Waals surface area contributed by atoms with E-state index in [9.17, 15) is 0 Å². The van der Waals surface area contributed by atoms with Crippen LogP contribution in [0.5, 0.6) is 0 Å². The molecule has 0 saturated carbocycles. The summed E-state index contributed by atoms with van der Waals surface area (Å²) in [6.45, 7) is 8.20. The number of unbranched alkanes of at least 4 members (excludes halogenated alkanes) is 3. The van der Waals surface area contributed by atoms with Gasteiger partial charge in [-0.15, -0.1) is 0 Å². The van der Waals surface area contributed by atoms with E-state index in [1.165, 1.54) is 0 Å². The number of nitrogens with zero attached hydrogens (tertiary/aromatic N) is 1. The van der Waals surface area contributed by atoms with E-state index < -0.39 is 5.97 Å². The van der Waals surface area contributed by atoms with Crippen molar-refractivity contribution in [3.8, 4) is 6.07 Å². The first-order chi connectivity index (χ1) is 9.74. The van der Waals surface area contributed by atoms with Crippen molar-refractivity contribution in [1.82, 2.24) is 0 Å². The van der Waals surface area contributed by atoms with Crippen LogP contribution in [0.25, 0.3) is 0 Å². The van der Waals surface area contributed by atoms with Gasteiger partial charge in [-0.2, -0.15) is 5.26 Å². The Hall–Kier alpha value is -0.630. The van der Waals surface area contributed by atoms with Crippen molar-refractivity contribution in [1.29, 1.82) is 5.26 Å². The van der Waals surface area contributed by atoms with E-state index in [0.29, 0.717) is 32.7 Å². The highest BCUT2D eigenvalue weighted by molar-refractivity contribution is 4.73. The molecule has 0 bridgehead atoms. The van der Waals surface area contributed by atoms with Gasteiger partial charge in [0.1, 0.15) is 0 Å². The zero-order valence-electron chi connectivity index (χ0n) is 13.5. The molecule has 0 saturated heterocycles. The Balaban J connectivity index is 4.53. The standard InChI is InChI=1S/C16H31NO3/c1-4-7-13-18-16(11-10-12-17,19-14-8-5-2)20-15-9-6-3/h4-11,13-15H2,1-3H3. The molecule has 0 radical (unpaired) electrons. The monoisotopic (exact) mass is 285 g/mol. The molecule has 0 spiro atoms. The molecule has 0 aromatic rings. The van der Waals surface area contributed by atoms with Crippen LogP contribution < -0.4 is 0 Å². The number of hydrogen-bond donors (Lipinski definition) is 0. The van der Waals surface area contributed by atoms with Crippen LogP contribution in [0.4, 0.5) is 0 Å². The quantitative estimate of drug-likeness (QED) is 0.351. The van der Waals surface area contributed by atoms with Gasteiger partial charge < -0.3 is 14.2 Å². The number of hydrogen-bond acceptors (Lipinski definition) is 4. The molecule has 0 fully saturated rings. The van der Waals surface area contributed by atoms with Crippen molar-refractivity contribution >= 4 is 0 Å². The van der Waals surface area contributed by atoms with E-state index in [1.807, 2.05) is 0 Å².